The number of aryl methyl sites for hydroxylation is 1. The number of anilines is 1. The fourth-order valence-corrected chi connectivity index (χ4v) is 5.39. The summed E-state index contributed by atoms with van der Waals surface area (Å²) in [5.74, 6) is -0.299. The average molecular weight is 496 g/mol. The number of rotatable bonds is 7. The molecule has 1 aliphatic heterocycles. The molecule has 2 N–H and O–H groups in total. The van der Waals surface area contributed by atoms with Crippen molar-refractivity contribution in [3.05, 3.63) is 48.0 Å². The number of ether oxygens (including phenoxy) is 1. The van der Waals surface area contributed by atoms with Gasteiger partial charge in [-0.3, -0.25) is 9.52 Å². The third-order valence-electron chi connectivity index (χ3n) is 5.69. The average Bonchev–Trinajstić information content (AvgIpc) is 2.76. The predicted octanol–water partition coefficient (Wildman–Crippen LogP) is 2.34. The van der Waals surface area contributed by atoms with E-state index in [1.54, 1.807) is 25.1 Å². The van der Waals surface area contributed by atoms with Crippen LogP contribution in [0.15, 0.2) is 52.3 Å². The van der Waals surface area contributed by atoms with E-state index < -0.39 is 31.4 Å². The van der Waals surface area contributed by atoms with Crippen LogP contribution >= 0.6 is 0 Å². The number of sulfonamides is 2. The lowest BCUT2D eigenvalue weighted by Crippen LogP contribution is -2.42. The van der Waals surface area contributed by atoms with E-state index in [2.05, 4.69) is 10.0 Å². The first-order valence-corrected chi connectivity index (χ1v) is 13.4. The van der Waals surface area contributed by atoms with Crippen molar-refractivity contribution >= 4 is 31.7 Å². The summed E-state index contributed by atoms with van der Waals surface area (Å²) in [5.41, 5.74) is 0.249. The molecule has 2 aromatic rings. The van der Waals surface area contributed by atoms with Gasteiger partial charge in [-0.2, -0.15) is 0 Å². The Kier molecular flexibility index (Phi) is 7.18. The first-order valence-electron chi connectivity index (χ1n) is 10.4. The molecule has 0 unspecified atom stereocenters. The smallest absolute Gasteiger partial charge is 0.317 e. The van der Waals surface area contributed by atoms with Crippen LogP contribution in [0.2, 0.25) is 0 Å². The van der Waals surface area contributed by atoms with Crippen LogP contribution in [0.25, 0.3) is 0 Å². The molecule has 1 fully saturated rings. The first kappa shape index (κ1) is 25.2. The van der Waals surface area contributed by atoms with Crippen molar-refractivity contribution in [2.45, 2.75) is 36.5 Å². The Labute approximate surface area is 195 Å². The largest absolute Gasteiger partial charge is 0.424 e. The van der Waals surface area contributed by atoms with Gasteiger partial charge < -0.3 is 10.1 Å². The second-order valence-electron chi connectivity index (χ2n) is 8.56. The topological polar surface area (TPSA) is 122 Å². The number of benzene rings is 2. The van der Waals surface area contributed by atoms with E-state index >= 15 is 0 Å². The van der Waals surface area contributed by atoms with Gasteiger partial charge in [0.05, 0.1) is 20.9 Å². The zero-order valence-corrected chi connectivity index (χ0v) is 20.7. The predicted molar refractivity (Wildman–Crippen MR) is 125 cm³/mol. The van der Waals surface area contributed by atoms with Crippen molar-refractivity contribution in [3.63, 3.8) is 0 Å². The van der Waals surface area contributed by atoms with E-state index in [-0.39, 0.29) is 21.2 Å². The summed E-state index contributed by atoms with van der Waals surface area (Å²) < 4.78 is 59.6. The lowest BCUT2D eigenvalue weighted by molar-refractivity contribution is -0.146. The summed E-state index contributed by atoms with van der Waals surface area (Å²) in [4.78, 5) is 12.7. The lowest BCUT2D eigenvalue weighted by Gasteiger charge is -2.31. The fourth-order valence-electron chi connectivity index (χ4n) is 3.42. The Morgan fingerprint density at radius 1 is 1.00 bits per heavy atom. The van der Waals surface area contributed by atoms with Gasteiger partial charge in [0.2, 0.25) is 10.0 Å². The van der Waals surface area contributed by atoms with Crippen molar-refractivity contribution in [1.82, 2.24) is 9.62 Å². The Bertz CT molecular complexity index is 1230. The van der Waals surface area contributed by atoms with Crippen LogP contribution in [0.5, 0.6) is 5.75 Å². The number of nitrogens with one attached hydrogen (secondary N) is 2. The number of carbonyl (C=O) groups is 1. The number of hydrogen-bond acceptors (Lipinski definition) is 7. The summed E-state index contributed by atoms with van der Waals surface area (Å²) >= 11 is 0. The number of nitrogens with zero attached hydrogens (tertiary/aromatic N) is 1. The van der Waals surface area contributed by atoms with Gasteiger partial charge >= 0.3 is 5.97 Å². The Morgan fingerprint density at radius 2 is 1.58 bits per heavy atom. The minimum absolute atomic E-state index is 0.0214. The standard InChI is InChI=1S/C22H29N3O6S2/c1-16-5-10-20(31-21(26)22(2)11-13-23-14-12-22)19(15-16)24-32(27,28)17-6-8-18(9-7-17)33(29,30)25(3)4/h5-10,15,23-24H,11-14H2,1-4H3. The monoisotopic (exact) mass is 495 g/mol. The molecule has 0 aliphatic carbocycles. The summed E-state index contributed by atoms with van der Waals surface area (Å²) in [6.07, 6.45) is 1.25. The molecule has 0 saturated carbocycles. The summed E-state index contributed by atoms with van der Waals surface area (Å²) in [7, 11) is -4.96. The van der Waals surface area contributed by atoms with Crippen LogP contribution in [0, 0.1) is 12.3 Å². The molecular formula is C22H29N3O6S2. The molecule has 0 radical (unpaired) electrons. The van der Waals surface area contributed by atoms with Crippen LogP contribution in [-0.4, -0.2) is 54.3 Å². The number of carbonyl (C=O) groups excluding carboxylic acids is 1. The normalized spacial score (nSPS) is 16.4. The number of hydrogen-bond donors (Lipinski definition) is 2. The van der Waals surface area contributed by atoms with Gasteiger partial charge in [0, 0.05) is 14.1 Å². The molecular weight excluding hydrogens is 466 g/mol. The fraction of sp³-hybridized carbons (Fsp3) is 0.409. The van der Waals surface area contributed by atoms with Crippen LogP contribution < -0.4 is 14.8 Å². The molecule has 1 saturated heterocycles. The Balaban J connectivity index is 1.86. The summed E-state index contributed by atoms with van der Waals surface area (Å²) in [5, 5.41) is 3.21. The molecule has 33 heavy (non-hydrogen) atoms. The van der Waals surface area contributed by atoms with Crippen molar-refractivity contribution < 1.29 is 26.4 Å². The van der Waals surface area contributed by atoms with Gasteiger partial charge in [0.25, 0.3) is 10.0 Å². The van der Waals surface area contributed by atoms with E-state index in [9.17, 15) is 21.6 Å². The van der Waals surface area contributed by atoms with Gasteiger partial charge in [0.15, 0.2) is 5.75 Å². The minimum Gasteiger partial charge on any atom is -0.424 e. The molecule has 0 bridgehead atoms. The van der Waals surface area contributed by atoms with Crippen LogP contribution in [0.4, 0.5) is 5.69 Å². The molecule has 3 rings (SSSR count). The molecule has 0 amide bonds. The van der Waals surface area contributed by atoms with Crippen molar-refractivity contribution in [2.24, 2.45) is 5.41 Å². The second kappa shape index (κ2) is 9.41. The lowest BCUT2D eigenvalue weighted by atomic mass is 9.81. The molecule has 0 atom stereocenters. The first-order chi connectivity index (χ1) is 15.3. The van der Waals surface area contributed by atoms with Gasteiger partial charge in [-0.25, -0.2) is 21.1 Å². The number of esters is 1. The minimum atomic E-state index is -4.07. The van der Waals surface area contributed by atoms with Crippen molar-refractivity contribution in [2.75, 3.05) is 31.9 Å². The van der Waals surface area contributed by atoms with E-state index in [4.69, 9.17) is 4.74 Å². The third kappa shape index (κ3) is 5.55. The SMILES string of the molecule is Cc1ccc(OC(=O)C2(C)CCNCC2)c(NS(=O)(=O)c2ccc(S(=O)(=O)N(C)C)cc2)c1. The van der Waals surface area contributed by atoms with Crippen LogP contribution in [0.3, 0.4) is 0 Å². The molecule has 9 nitrogen and oxygen atoms in total. The molecule has 2 aromatic carbocycles. The van der Waals surface area contributed by atoms with Crippen LogP contribution in [-0.2, 0) is 24.8 Å². The second-order valence-corrected chi connectivity index (χ2v) is 12.4. The Hall–Kier alpha value is -2.47. The highest BCUT2D eigenvalue weighted by molar-refractivity contribution is 7.92. The van der Waals surface area contributed by atoms with Gasteiger partial charge in [-0.05, 0) is 81.7 Å². The maximum absolute atomic E-state index is 13.0. The summed E-state index contributed by atoms with van der Waals surface area (Å²) in [6, 6.07) is 9.77. The maximum Gasteiger partial charge on any atom is 0.317 e. The molecule has 1 aliphatic rings. The third-order valence-corrected chi connectivity index (χ3v) is 8.91. The molecule has 1 heterocycles. The molecule has 0 spiro atoms. The highest BCUT2D eigenvalue weighted by Gasteiger charge is 2.37. The highest BCUT2D eigenvalue weighted by Crippen LogP contribution is 2.34. The quantitative estimate of drug-likeness (QED) is 0.447. The number of piperidine rings is 1. The Morgan fingerprint density at radius 3 is 2.15 bits per heavy atom. The highest BCUT2D eigenvalue weighted by atomic mass is 32.2. The molecule has 180 valence electrons. The van der Waals surface area contributed by atoms with Gasteiger partial charge in [-0.15, -0.1) is 0 Å². The van der Waals surface area contributed by atoms with E-state index in [1.165, 1.54) is 38.4 Å². The van der Waals surface area contributed by atoms with E-state index in [0.29, 0.717) is 25.9 Å². The zero-order valence-electron chi connectivity index (χ0n) is 19.1. The van der Waals surface area contributed by atoms with Gasteiger partial charge in [-0.1, -0.05) is 6.07 Å². The van der Waals surface area contributed by atoms with E-state index in [1.807, 2.05) is 6.92 Å². The van der Waals surface area contributed by atoms with Crippen LogP contribution in [0.1, 0.15) is 25.3 Å². The maximum atomic E-state index is 13.0. The van der Waals surface area contributed by atoms with Crippen molar-refractivity contribution in [1.29, 1.82) is 0 Å². The zero-order chi connectivity index (χ0) is 24.4. The van der Waals surface area contributed by atoms with E-state index in [0.717, 1.165) is 9.87 Å². The molecule has 0 aromatic heterocycles. The van der Waals surface area contributed by atoms with Crippen molar-refractivity contribution in [3.8, 4) is 5.75 Å². The molecule has 11 heteroatoms. The summed E-state index contributed by atoms with van der Waals surface area (Å²) in [6.45, 7) is 5.05. The van der Waals surface area contributed by atoms with Gasteiger partial charge in [0.1, 0.15) is 0 Å².